The molecule has 1 atom stereocenters. The van der Waals surface area contributed by atoms with Gasteiger partial charge in [0.2, 0.25) is 0 Å². The highest BCUT2D eigenvalue weighted by molar-refractivity contribution is 6.10. The van der Waals surface area contributed by atoms with E-state index in [4.69, 9.17) is 18.9 Å². The Morgan fingerprint density at radius 2 is 1.54 bits per heavy atom. The molecule has 0 aliphatic carbocycles. The Labute approximate surface area is 205 Å². The normalized spacial score (nSPS) is 11.5. The summed E-state index contributed by atoms with van der Waals surface area (Å²) < 4.78 is 21.6. The van der Waals surface area contributed by atoms with Crippen molar-refractivity contribution in [2.75, 3.05) is 26.9 Å². The van der Waals surface area contributed by atoms with Gasteiger partial charge in [-0.1, -0.05) is 42.5 Å². The van der Waals surface area contributed by atoms with Crippen LogP contribution in [0.3, 0.4) is 0 Å². The smallest absolute Gasteiger partial charge is 0.335 e. The third-order valence-electron chi connectivity index (χ3n) is 5.25. The fourth-order valence-electron chi connectivity index (χ4n) is 3.41. The van der Waals surface area contributed by atoms with E-state index in [-0.39, 0.29) is 23.1 Å². The number of phenolic OH excluding ortho intramolecular Hbond substituents is 1. The third-order valence-corrected chi connectivity index (χ3v) is 5.25. The van der Waals surface area contributed by atoms with Gasteiger partial charge in [0.25, 0.3) is 0 Å². The Kier molecular flexibility index (Phi) is 9.69. The molecule has 0 bridgehead atoms. The van der Waals surface area contributed by atoms with E-state index in [0.717, 1.165) is 5.56 Å². The number of carbonyl (C=O) groups excluding carboxylic acids is 2. The summed E-state index contributed by atoms with van der Waals surface area (Å²) in [6.07, 6.45) is 0.414. The van der Waals surface area contributed by atoms with Gasteiger partial charge in [-0.05, 0) is 36.8 Å². The molecule has 0 saturated heterocycles. The molecule has 0 radical (unpaired) electrons. The highest BCUT2D eigenvalue weighted by Gasteiger charge is 2.19. The monoisotopic (exact) mass is 478 g/mol. The van der Waals surface area contributed by atoms with Crippen LogP contribution in [0.15, 0.2) is 72.8 Å². The zero-order valence-corrected chi connectivity index (χ0v) is 19.9. The Hall–Kier alpha value is -3.84. The molecule has 0 aliphatic heterocycles. The lowest BCUT2D eigenvalue weighted by Crippen LogP contribution is -2.27. The molecule has 184 valence electrons. The zero-order valence-electron chi connectivity index (χ0n) is 19.9. The molecule has 0 amide bonds. The van der Waals surface area contributed by atoms with Crippen LogP contribution in [0.25, 0.3) is 0 Å². The van der Waals surface area contributed by atoms with Crippen LogP contribution in [0, 0.1) is 0 Å². The number of hydrogen-bond donors (Lipinski definition) is 1. The van der Waals surface area contributed by atoms with Crippen molar-refractivity contribution in [2.45, 2.75) is 25.9 Å². The number of carbonyl (C=O) groups is 2. The standard InChI is InChI=1S/C28H30O7/c1-3-33-28(31)26(32-2)18-20-10-12-22(13-11-20)34-16-7-17-35-23-14-15-24(25(29)19-23)27(30)21-8-5-4-6-9-21/h4-6,8-15,19,26,29H,3,7,16-18H2,1-2H3/t26-/m0/s1. The molecule has 3 aromatic carbocycles. The van der Waals surface area contributed by atoms with Crippen LogP contribution in [0.2, 0.25) is 0 Å². The van der Waals surface area contributed by atoms with E-state index in [1.54, 1.807) is 43.3 Å². The van der Waals surface area contributed by atoms with Gasteiger partial charge in [-0.2, -0.15) is 0 Å². The van der Waals surface area contributed by atoms with Crippen molar-refractivity contribution >= 4 is 11.8 Å². The van der Waals surface area contributed by atoms with E-state index in [1.165, 1.54) is 13.2 Å². The Balaban J connectivity index is 1.41. The van der Waals surface area contributed by atoms with Crippen LogP contribution in [-0.2, 0) is 20.7 Å². The second-order valence-electron chi connectivity index (χ2n) is 7.75. The largest absolute Gasteiger partial charge is 0.507 e. The Bertz CT molecular complexity index is 1090. The number of phenols is 1. The first-order valence-corrected chi connectivity index (χ1v) is 11.5. The summed E-state index contributed by atoms with van der Waals surface area (Å²) in [5.41, 5.74) is 1.68. The molecule has 0 heterocycles. The van der Waals surface area contributed by atoms with Gasteiger partial charge < -0.3 is 24.1 Å². The average molecular weight is 479 g/mol. The highest BCUT2D eigenvalue weighted by Crippen LogP contribution is 2.26. The van der Waals surface area contributed by atoms with Crippen molar-refractivity contribution in [1.29, 1.82) is 0 Å². The molecule has 7 heteroatoms. The number of rotatable bonds is 13. The van der Waals surface area contributed by atoms with Gasteiger partial charge in [0.15, 0.2) is 11.9 Å². The molecule has 0 aliphatic rings. The molecule has 0 aromatic heterocycles. The fourth-order valence-corrected chi connectivity index (χ4v) is 3.41. The topological polar surface area (TPSA) is 91.3 Å². The summed E-state index contributed by atoms with van der Waals surface area (Å²) in [5, 5.41) is 10.3. The molecule has 0 saturated carbocycles. The van der Waals surface area contributed by atoms with E-state index >= 15 is 0 Å². The number of benzene rings is 3. The van der Waals surface area contributed by atoms with Crippen molar-refractivity contribution in [3.05, 3.63) is 89.5 Å². The van der Waals surface area contributed by atoms with Crippen molar-refractivity contribution in [3.8, 4) is 17.2 Å². The summed E-state index contributed by atoms with van der Waals surface area (Å²) in [5.74, 6) is 0.450. The molecule has 3 aromatic rings. The molecular weight excluding hydrogens is 448 g/mol. The summed E-state index contributed by atoms with van der Waals surface area (Å²) in [6, 6.07) is 20.9. The maximum Gasteiger partial charge on any atom is 0.335 e. The van der Waals surface area contributed by atoms with Gasteiger partial charge in [0.05, 0.1) is 25.4 Å². The molecule has 0 spiro atoms. The quantitative estimate of drug-likeness (QED) is 0.218. The van der Waals surface area contributed by atoms with Crippen molar-refractivity contribution in [2.24, 2.45) is 0 Å². The minimum Gasteiger partial charge on any atom is -0.507 e. The molecule has 0 fully saturated rings. The first-order chi connectivity index (χ1) is 17.0. The van der Waals surface area contributed by atoms with E-state index in [9.17, 15) is 14.7 Å². The number of aromatic hydroxyl groups is 1. The van der Waals surface area contributed by atoms with Gasteiger partial charge in [0, 0.05) is 31.6 Å². The number of ketones is 1. The molecule has 7 nitrogen and oxygen atoms in total. The fraction of sp³-hybridized carbons (Fsp3) is 0.286. The van der Waals surface area contributed by atoms with Crippen molar-refractivity contribution in [3.63, 3.8) is 0 Å². The molecule has 1 N–H and O–H groups in total. The van der Waals surface area contributed by atoms with Crippen LogP contribution in [0.5, 0.6) is 17.2 Å². The van der Waals surface area contributed by atoms with Gasteiger partial charge in [-0.3, -0.25) is 4.79 Å². The Morgan fingerprint density at radius 1 is 0.886 bits per heavy atom. The number of methoxy groups -OCH3 is 1. The maximum absolute atomic E-state index is 12.5. The first kappa shape index (κ1) is 25.8. The summed E-state index contributed by atoms with van der Waals surface area (Å²) in [6.45, 7) is 2.91. The number of esters is 1. The van der Waals surface area contributed by atoms with Crippen molar-refractivity contribution < 1.29 is 33.6 Å². The summed E-state index contributed by atoms with van der Waals surface area (Å²) >= 11 is 0. The van der Waals surface area contributed by atoms with Crippen LogP contribution in [-0.4, -0.2) is 49.9 Å². The van der Waals surface area contributed by atoms with E-state index in [0.29, 0.717) is 49.7 Å². The van der Waals surface area contributed by atoms with E-state index in [2.05, 4.69) is 0 Å². The lowest BCUT2D eigenvalue weighted by atomic mass is 10.0. The lowest BCUT2D eigenvalue weighted by molar-refractivity contribution is -0.154. The van der Waals surface area contributed by atoms with Crippen LogP contribution in [0.1, 0.15) is 34.8 Å². The SMILES string of the molecule is CCOC(=O)[C@H](Cc1ccc(OCCCOc2ccc(C(=O)c3ccccc3)c(O)c2)cc1)OC. The number of ether oxygens (including phenoxy) is 4. The predicted molar refractivity (Wildman–Crippen MR) is 131 cm³/mol. The lowest BCUT2D eigenvalue weighted by Gasteiger charge is -2.14. The second-order valence-corrected chi connectivity index (χ2v) is 7.75. The first-order valence-electron chi connectivity index (χ1n) is 11.5. The van der Waals surface area contributed by atoms with E-state index < -0.39 is 6.10 Å². The molecule has 0 unspecified atom stereocenters. The summed E-state index contributed by atoms with van der Waals surface area (Å²) in [4.78, 5) is 24.4. The van der Waals surface area contributed by atoms with Gasteiger partial charge in [-0.15, -0.1) is 0 Å². The van der Waals surface area contributed by atoms with Crippen LogP contribution < -0.4 is 9.47 Å². The second kappa shape index (κ2) is 13.2. The molecular formula is C28H30O7. The Morgan fingerprint density at radius 3 is 2.17 bits per heavy atom. The van der Waals surface area contributed by atoms with Crippen LogP contribution in [0.4, 0.5) is 0 Å². The summed E-state index contributed by atoms with van der Waals surface area (Å²) in [7, 11) is 1.49. The van der Waals surface area contributed by atoms with Gasteiger partial charge >= 0.3 is 5.97 Å². The third kappa shape index (κ3) is 7.58. The van der Waals surface area contributed by atoms with E-state index in [1.807, 2.05) is 30.3 Å². The van der Waals surface area contributed by atoms with Gasteiger partial charge in [-0.25, -0.2) is 4.79 Å². The average Bonchev–Trinajstić information content (AvgIpc) is 2.88. The predicted octanol–water partition coefficient (Wildman–Crippen LogP) is 4.59. The zero-order chi connectivity index (χ0) is 25.0. The minimum atomic E-state index is -0.635. The highest BCUT2D eigenvalue weighted by atomic mass is 16.6. The maximum atomic E-state index is 12.5. The van der Waals surface area contributed by atoms with Crippen LogP contribution >= 0.6 is 0 Å². The minimum absolute atomic E-state index is 0.119. The van der Waals surface area contributed by atoms with Crippen molar-refractivity contribution in [1.82, 2.24) is 0 Å². The van der Waals surface area contributed by atoms with Gasteiger partial charge in [0.1, 0.15) is 17.2 Å². The molecule has 35 heavy (non-hydrogen) atoms. The number of hydrogen-bond acceptors (Lipinski definition) is 7. The molecule has 3 rings (SSSR count).